The van der Waals surface area contributed by atoms with E-state index in [9.17, 15) is 4.79 Å². The largest absolute Gasteiger partial charge is 0.396 e. The molecule has 0 aliphatic carbocycles. The number of anilines is 1. The minimum atomic E-state index is -0.0839. The summed E-state index contributed by atoms with van der Waals surface area (Å²) >= 11 is 1.48. The van der Waals surface area contributed by atoms with Gasteiger partial charge in [0.1, 0.15) is 0 Å². The van der Waals surface area contributed by atoms with Crippen LogP contribution in [0, 0.1) is 0 Å². The zero-order valence-corrected chi connectivity index (χ0v) is 13.8. The van der Waals surface area contributed by atoms with Gasteiger partial charge < -0.3 is 10.0 Å². The molecule has 0 radical (unpaired) electrons. The topological polar surface area (TPSA) is 65.5 Å². The molecule has 2 N–H and O–H groups in total. The Morgan fingerprint density at radius 2 is 2.22 bits per heavy atom. The number of likely N-dealkylation sites (tertiary alicyclic amines) is 1. The first-order valence-corrected chi connectivity index (χ1v) is 8.79. The first kappa shape index (κ1) is 16.0. The molecule has 6 heteroatoms. The molecule has 23 heavy (non-hydrogen) atoms. The second kappa shape index (κ2) is 7.57. The molecule has 1 atom stereocenters. The summed E-state index contributed by atoms with van der Waals surface area (Å²) in [5.41, 5.74) is 1.10. The van der Waals surface area contributed by atoms with E-state index in [1.165, 1.54) is 11.3 Å². The smallest absolute Gasteiger partial charge is 0.323 e. The number of carbonyl (C=O) groups is 1. The number of nitrogens with one attached hydrogen (secondary N) is 1. The Kier molecular flexibility index (Phi) is 5.25. The van der Waals surface area contributed by atoms with Crippen molar-refractivity contribution >= 4 is 22.5 Å². The summed E-state index contributed by atoms with van der Waals surface area (Å²) in [5, 5.41) is 12.5. The Bertz CT molecular complexity index is 644. The molecule has 1 aliphatic rings. The van der Waals surface area contributed by atoms with Crippen molar-refractivity contribution in [1.29, 1.82) is 0 Å². The number of benzene rings is 1. The van der Waals surface area contributed by atoms with E-state index in [1.54, 1.807) is 6.20 Å². The van der Waals surface area contributed by atoms with Crippen molar-refractivity contribution in [3.63, 3.8) is 0 Å². The van der Waals surface area contributed by atoms with E-state index in [0.29, 0.717) is 5.13 Å². The summed E-state index contributed by atoms with van der Waals surface area (Å²) in [5.74, 6) is 0. The molecule has 1 aromatic heterocycles. The van der Waals surface area contributed by atoms with Gasteiger partial charge in [-0.3, -0.25) is 5.32 Å². The first-order chi connectivity index (χ1) is 11.3. The van der Waals surface area contributed by atoms with Crippen LogP contribution >= 0.6 is 11.3 Å². The summed E-state index contributed by atoms with van der Waals surface area (Å²) in [7, 11) is 0. The number of hydrogen-bond acceptors (Lipinski definition) is 4. The fraction of sp³-hybridized carbons (Fsp3) is 0.412. The summed E-state index contributed by atoms with van der Waals surface area (Å²) < 4.78 is 0. The number of aliphatic hydroxyl groups excluding tert-OH is 1. The molecule has 0 bridgehead atoms. The lowest BCUT2D eigenvalue weighted by molar-refractivity contribution is 0.197. The highest BCUT2D eigenvalue weighted by molar-refractivity contribution is 7.19. The molecule has 1 fully saturated rings. The van der Waals surface area contributed by atoms with Crippen LogP contribution < -0.4 is 5.32 Å². The van der Waals surface area contributed by atoms with E-state index in [1.807, 2.05) is 35.2 Å². The molecule has 2 heterocycles. The summed E-state index contributed by atoms with van der Waals surface area (Å²) in [6, 6.07) is 10.2. The van der Waals surface area contributed by atoms with Crippen molar-refractivity contribution in [3.8, 4) is 10.4 Å². The van der Waals surface area contributed by atoms with Gasteiger partial charge in [-0.1, -0.05) is 41.7 Å². The van der Waals surface area contributed by atoms with Gasteiger partial charge in [0.2, 0.25) is 0 Å². The highest BCUT2D eigenvalue weighted by Crippen LogP contribution is 2.29. The summed E-state index contributed by atoms with van der Waals surface area (Å²) in [6.07, 6.45) is 5.43. The third-order valence-corrected chi connectivity index (χ3v) is 5.07. The second-order valence-corrected chi connectivity index (χ2v) is 6.71. The van der Waals surface area contributed by atoms with Crippen LogP contribution in [-0.2, 0) is 0 Å². The fourth-order valence-electron chi connectivity index (χ4n) is 2.96. The Labute approximate surface area is 140 Å². The molecule has 2 amide bonds. The van der Waals surface area contributed by atoms with Gasteiger partial charge in [-0.05, 0) is 31.2 Å². The van der Waals surface area contributed by atoms with E-state index in [0.717, 1.165) is 42.7 Å². The van der Waals surface area contributed by atoms with Crippen LogP contribution in [0.15, 0.2) is 36.5 Å². The van der Waals surface area contributed by atoms with E-state index in [-0.39, 0.29) is 18.7 Å². The van der Waals surface area contributed by atoms with Crippen LogP contribution in [0.2, 0.25) is 0 Å². The van der Waals surface area contributed by atoms with Gasteiger partial charge in [-0.15, -0.1) is 0 Å². The molecule has 5 nitrogen and oxygen atoms in total. The Morgan fingerprint density at radius 1 is 1.39 bits per heavy atom. The zero-order chi connectivity index (χ0) is 16.1. The Morgan fingerprint density at radius 3 is 3.00 bits per heavy atom. The molecule has 1 saturated heterocycles. The summed E-state index contributed by atoms with van der Waals surface area (Å²) in [4.78, 5) is 19.7. The predicted octanol–water partition coefficient (Wildman–Crippen LogP) is 3.58. The van der Waals surface area contributed by atoms with Gasteiger partial charge in [-0.2, -0.15) is 0 Å². The monoisotopic (exact) mass is 331 g/mol. The first-order valence-electron chi connectivity index (χ1n) is 7.97. The number of amides is 2. The molecule has 2 aromatic rings. The fourth-order valence-corrected chi connectivity index (χ4v) is 3.77. The van der Waals surface area contributed by atoms with Gasteiger partial charge in [-0.25, -0.2) is 9.78 Å². The number of thiazole rings is 1. The molecular formula is C17H21N3O2S. The number of rotatable bonds is 5. The lowest BCUT2D eigenvalue weighted by atomic mass is 10.1. The lowest BCUT2D eigenvalue weighted by Gasteiger charge is -2.24. The van der Waals surface area contributed by atoms with Gasteiger partial charge in [0.15, 0.2) is 5.13 Å². The predicted molar refractivity (Wildman–Crippen MR) is 92.6 cm³/mol. The molecular weight excluding hydrogens is 310 g/mol. The number of aliphatic hydroxyl groups is 1. The minimum Gasteiger partial charge on any atom is -0.396 e. The molecule has 1 unspecified atom stereocenters. The van der Waals surface area contributed by atoms with E-state index in [4.69, 9.17) is 5.11 Å². The van der Waals surface area contributed by atoms with Crippen molar-refractivity contribution in [3.05, 3.63) is 36.5 Å². The van der Waals surface area contributed by atoms with Crippen LogP contribution in [0.1, 0.15) is 25.7 Å². The Balaban J connectivity index is 1.63. The highest BCUT2D eigenvalue weighted by Gasteiger charge is 2.28. The van der Waals surface area contributed by atoms with Gasteiger partial charge in [0.05, 0.1) is 4.88 Å². The van der Waals surface area contributed by atoms with E-state index < -0.39 is 0 Å². The average Bonchev–Trinajstić information content (AvgIpc) is 3.23. The second-order valence-electron chi connectivity index (χ2n) is 5.68. The number of nitrogens with zero attached hydrogens (tertiary/aromatic N) is 2. The van der Waals surface area contributed by atoms with Crippen LogP contribution in [0.5, 0.6) is 0 Å². The lowest BCUT2D eigenvalue weighted by Crippen LogP contribution is -2.38. The Hall–Kier alpha value is -1.92. The van der Waals surface area contributed by atoms with Crippen LogP contribution in [-0.4, -0.2) is 40.2 Å². The molecule has 122 valence electrons. The van der Waals surface area contributed by atoms with Gasteiger partial charge in [0, 0.05) is 25.4 Å². The third-order valence-electron chi connectivity index (χ3n) is 4.11. The maximum absolute atomic E-state index is 12.5. The minimum absolute atomic E-state index is 0.0839. The molecule has 1 aromatic carbocycles. The van der Waals surface area contributed by atoms with Crippen LogP contribution in [0.4, 0.5) is 9.93 Å². The summed E-state index contributed by atoms with van der Waals surface area (Å²) in [6.45, 7) is 0.956. The SMILES string of the molecule is O=C(Nc1ncc(-c2ccccc2)s1)N1CCCC1CCCO. The van der Waals surface area contributed by atoms with Gasteiger partial charge in [0.25, 0.3) is 0 Å². The highest BCUT2D eigenvalue weighted by atomic mass is 32.1. The zero-order valence-electron chi connectivity index (χ0n) is 12.9. The normalized spacial score (nSPS) is 17.4. The molecule has 0 saturated carbocycles. The van der Waals surface area contributed by atoms with Crippen molar-refractivity contribution in [2.24, 2.45) is 0 Å². The quantitative estimate of drug-likeness (QED) is 0.880. The number of aromatic nitrogens is 1. The van der Waals surface area contributed by atoms with Crippen molar-refractivity contribution < 1.29 is 9.90 Å². The molecule has 3 rings (SSSR count). The third kappa shape index (κ3) is 3.89. The average molecular weight is 331 g/mol. The van der Waals surface area contributed by atoms with Crippen LogP contribution in [0.25, 0.3) is 10.4 Å². The maximum atomic E-state index is 12.5. The number of urea groups is 1. The number of carbonyl (C=O) groups excluding carboxylic acids is 1. The van der Waals surface area contributed by atoms with Crippen molar-refractivity contribution in [2.45, 2.75) is 31.7 Å². The standard InChI is InChI=1S/C17H21N3O2S/c21-11-5-9-14-8-4-10-20(14)17(22)19-16-18-12-15(23-16)13-6-2-1-3-7-13/h1-3,6-7,12,14,21H,4-5,8-11H2,(H,18,19,22). The van der Waals surface area contributed by atoms with Crippen molar-refractivity contribution in [1.82, 2.24) is 9.88 Å². The molecule has 0 spiro atoms. The van der Waals surface area contributed by atoms with Gasteiger partial charge >= 0.3 is 6.03 Å². The van der Waals surface area contributed by atoms with E-state index in [2.05, 4.69) is 10.3 Å². The maximum Gasteiger partial charge on any atom is 0.323 e. The van der Waals surface area contributed by atoms with Crippen LogP contribution in [0.3, 0.4) is 0 Å². The number of hydrogen-bond donors (Lipinski definition) is 2. The van der Waals surface area contributed by atoms with Crippen molar-refractivity contribution in [2.75, 3.05) is 18.5 Å². The van der Waals surface area contributed by atoms with E-state index >= 15 is 0 Å². The molecule has 1 aliphatic heterocycles.